The molecule has 2 N–H and O–H groups in total. The molecule has 1 rings (SSSR count). The topological polar surface area (TPSA) is 95.9 Å². The van der Waals surface area contributed by atoms with E-state index in [0.29, 0.717) is 12.2 Å². The highest BCUT2D eigenvalue weighted by molar-refractivity contribution is 7.98. The summed E-state index contributed by atoms with van der Waals surface area (Å²) in [4.78, 5) is 13.3. The summed E-state index contributed by atoms with van der Waals surface area (Å²) in [5.74, 6) is 0.550. The minimum Gasteiger partial charge on any atom is -0.497 e. The number of benzene rings is 1. The van der Waals surface area contributed by atoms with E-state index >= 15 is 0 Å². The minimum atomic E-state index is -4.02. The lowest BCUT2D eigenvalue weighted by atomic mass is 10.3. The molecule has 0 bridgehead atoms. The Morgan fingerprint density at radius 3 is 2.52 bits per heavy atom. The first-order valence-corrected chi connectivity index (χ1v) is 8.95. The van der Waals surface area contributed by atoms with E-state index in [0.717, 1.165) is 5.75 Å². The van der Waals surface area contributed by atoms with Gasteiger partial charge in [0.1, 0.15) is 5.75 Å². The molecule has 1 aromatic carbocycles. The van der Waals surface area contributed by atoms with E-state index in [1.807, 2.05) is 6.26 Å². The molecule has 0 aliphatic carbocycles. The van der Waals surface area contributed by atoms with Gasteiger partial charge in [-0.05, 0) is 42.7 Å². The number of sulfonamides is 1. The summed E-state index contributed by atoms with van der Waals surface area (Å²) in [6.45, 7) is 0. The number of hydrogen-bond acceptors (Lipinski definition) is 6. The average molecular weight is 334 g/mol. The fourth-order valence-electron chi connectivity index (χ4n) is 1.45. The SMILES string of the molecule is COc1ccc(S(=O)(=O)NN(O)C(=O)CCCSC)cc1. The van der Waals surface area contributed by atoms with Crippen molar-refractivity contribution < 1.29 is 23.2 Å². The van der Waals surface area contributed by atoms with Crippen molar-refractivity contribution in [1.29, 1.82) is 0 Å². The van der Waals surface area contributed by atoms with Crippen LogP contribution >= 0.6 is 11.8 Å². The molecule has 0 radical (unpaired) electrons. The average Bonchev–Trinajstić information content (AvgIpc) is 2.47. The van der Waals surface area contributed by atoms with Crippen molar-refractivity contribution in [3.05, 3.63) is 24.3 Å². The van der Waals surface area contributed by atoms with Crippen molar-refractivity contribution in [2.75, 3.05) is 19.1 Å². The van der Waals surface area contributed by atoms with E-state index in [9.17, 15) is 18.4 Å². The Kier molecular flexibility index (Phi) is 6.96. The van der Waals surface area contributed by atoms with E-state index in [4.69, 9.17) is 4.74 Å². The maximum absolute atomic E-state index is 12.0. The molecule has 0 saturated carbocycles. The Labute approximate surface area is 128 Å². The van der Waals surface area contributed by atoms with Crippen molar-refractivity contribution in [3.63, 3.8) is 0 Å². The largest absolute Gasteiger partial charge is 0.497 e. The normalized spacial score (nSPS) is 11.2. The van der Waals surface area contributed by atoms with Crippen molar-refractivity contribution in [3.8, 4) is 5.75 Å². The summed E-state index contributed by atoms with van der Waals surface area (Å²) in [6.07, 6.45) is 2.51. The number of ether oxygens (including phenoxy) is 1. The van der Waals surface area contributed by atoms with Crippen LogP contribution < -0.4 is 9.57 Å². The van der Waals surface area contributed by atoms with Crippen molar-refractivity contribution in [2.45, 2.75) is 17.7 Å². The summed E-state index contributed by atoms with van der Waals surface area (Å²) in [6, 6.07) is 5.56. The third kappa shape index (κ3) is 5.54. The van der Waals surface area contributed by atoms with Gasteiger partial charge < -0.3 is 4.74 Å². The lowest BCUT2D eigenvalue weighted by Gasteiger charge is -2.16. The molecule has 0 aliphatic rings. The molecule has 0 heterocycles. The van der Waals surface area contributed by atoms with Crippen molar-refractivity contribution >= 4 is 27.7 Å². The third-order valence-electron chi connectivity index (χ3n) is 2.55. The van der Waals surface area contributed by atoms with E-state index < -0.39 is 15.9 Å². The van der Waals surface area contributed by atoms with Gasteiger partial charge in [-0.2, -0.15) is 11.8 Å². The van der Waals surface area contributed by atoms with Gasteiger partial charge in [-0.3, -0.25) is 10.0 Å². The van der Waals surface area contributed by atoms with Gasteiger partial charge in [-0.1, -0.05) is 4.83 Å². The summed E-state index contributed by atoms with van der Waals surface area (Å²) in [5.41, 5.74) is 0. The van der Waals surface area contributed by atoms with Crippen LogP contribution in [0.15, 0.2) is 29.2 Å². The summed E-state index contributed by atoms with van der Waals surface area (Å²) in [7, 11) is -2.55. The number of nitrogens with zero attached hydrogens (tertiary/aromatic N) is 1. The number of rotatable bonds is 8. The summed E-state index contributed by atoms with van der Waals surface area (Å²) >= 11 is 1.57. The van der Waals surface area contributed by atoms with Gasteiger partial charge in [-0.25, -0.2) is 8.42 Å². The van der Waals surface area contributed by atoms with Gasteiger partial charge in [0, 0.05) is 6.42 Å². The number of thioether (sulfide) groups is 1. The monoisotopic (exact) mass is 334 g/mol. The molecule has 0 fully saturated rings. The predicted molar refractivity (Wildman–Crippen MR) is 79.6 cm³/mol. The number of nitrogens with one attached hydrogen (secondary N) is 1. The molecule has 0 unspecified atom stereocenters. The molecule has 1 aromatic rings. The van der Waals surface area contributed by atoms with Crippen LogP contribution in [0.2, 0.25) is 0 Å². The standard InChI is InChI=1S/C12H18N2O5S2/c1-19-10-5-7-11(8-6-10)21(17,18)13-14(16)12(15)4-3-9-20-2/h5-8,13,16H,3-4,9H2,1-2H3. The van der Waals surface area contributed by atoms with E-state index in [-0.39, 0.29) is 16.5 Å². The fraction of sp³-hybridized carbons (Fsp3) is 0.417. The van der Waals surface area contributed by atoms with E-state index in [2.05, 4.69) is 0 Å². The summed E-state index contributed by atoms with van der Waals surface area (Å²) in [5, 5.41) is 9.49. The van der Waals surface area contributed by atoms with E-state index in [1.54, 1.807) is 16.6 Å². The van der Waals surface area contributed by atoms with Crippen LogP contribution in [0.25, 0.3) is 0 Å². The Morgan fingerprint density at radius 1 is 1.38 bits per heavy atom. The number of carbonyl (C=O) groups is 1. The maximum Gasteiger partial charge on any atom is 0.262 e. The molecule has 0 aromatic heterocycles. The molecule has 0 saturated heterocycles. The van der Waals surface area contributed by atoms with Gasteiger partial charge >= 0.3 is 0 Å². The smallest absolute Gasteiger partial charge is 0.262 e. The number of hydrazine groups is 1. The first-order valence-electron chi connectivity index (χ1n) is 6.08. The molecule has 0 atom stereocenters. The molecule has 0 spiro atoms. The molecular formula is C12H18N2O5S2. The van der Waals surface area contributed by atoms with Crippen LogP contribution in [0.5, 0.6) is 5.75 Å². The third-order valence-corrected chi connectivity index (χ3v) is 4.55. The molecule has 1 amide bonds. The number of hydrogen-bond donors (Lipinski definition) is 2. The highest BCUT2D eigenvalue weighted by atomic mass is 32.2. The molecule has 7 nitrogen and oxygen atoms in total. The molecule has 0 aliphatic heterocycles. The highest BCUT2D eigenvalue weighted by Crippen LogP contribution is 2.15. The molecular weight excluding hydrogens is 316 g/mol. The number of methoxy groups -OCH3 is 1. The van der Waals surface area contributed by atoms with E-state index in [1.165, 1.54) is 31.4 Å². The molecule has 9 heteroatoms. The molecule has 21 heavy (non-hydrogen) atoms. The second-order valence-electron chi connectivity index (χ2n) is 4.07. The van der Waals surface area contributed by atoms with Gasteiger partial charge in [0.05, 0.1) is 12.0 Å². The first-order chi connectivity index (χ1) is 9.90. The quantitative estimate of drug-likeness (QED) is 0.422. The van der Waals surface area contributed by atoms with Crippen LogP contribution in [-0.4, -0.2) is 43.8 Å². The Hall–Kier alpha value is -1.29. The van der Waals surface area contributed by atoms with Gasteiger partial charge in [0.2, 0.25) is 0 Å². The zero-order valence-corrected chi connectivity index (χ0v) is 13.4. The highest BCUT2D eigenvalue weighted by Gasteiger charge is 2.20. The molecule has 118 valence electrons. The Bertz CT molecular complexity index is 560. The van der Waals surface area contributed by atoms with Crippen molar-refractivity contribution in [2.24, 2.45) is 0 Å². The Morgan fingerprint density at radius 2 is 2.00 bits per heavy atom. The van der Waals surface area contributed by atoms with Crippen LogP contribution in [0.1, 0.15) is 12.8 Å². The van der Waals surface area contributed by atoms with Crippen molar-refractivity contribution in [1.82, 2.24) is 10.0 Å². The van der Waals surface area contributed by atoms with Crippen LogP contribution in [0.3, 0.4) is 0 Å². The van der Waals surface area contributed by atoms with Gasteiger partial charge in [-0.15, -0.1) is 5.17 Å². The van der Waals surface area contributed by atoms with Gasteiger partial charge in [0.15, 0.2) is 0 Å². The fourth-order valence-corrected chi connectivity index (χ4v) is 2.81. The predicted octanol–water partition coefficient (Wildman–Crippen LogP) is 1.25. The van der Waals surface area contributed by atoms with Crippen LogP contribution in [0, 0.1) is 0 Å². The number of carbonyl (C=O) groups excluding carboxylic acids is 1. The zero-order valence-electron chi connectivity index (χ0n) is 11.8. The lowest BCUT2D eigenvalue weighted by Crippen LogP contribution is -2.43. The maximum atomic E-state index is 12.0. The number of amides is 1. The first kappa shape index (κ1) is 17.8. The second-order valence-corrected chi connectivity index (χ2v) is 6.72. The lowest BCUT2D eigenvalue weighted by molar-refractivity contribution is -0.172. The second kappa shape index (κ2) is 8.23. The summed E-state index contributed by atoms with van der Waals surface area (Å²) < 4.78 is 28.9. The van der Waals surface area contributed by atoms with Crippen LogP contribution in [0.4, 0.5) is 0 Å². The Balaban J connectivity index is 2.68. The zero-order chi connectivity index (χ0) is 15.9. The van der Waals surface area contributed by atoms with Gasteiger partial charge in [0.25, 0.3) is 15.9 Å². The van der Waals surface area contributed by atoms with Crippen LogP contribution in [-0.2, 0) is 14.8 Å². The number of hydroxylamine groups is 1. The minimum absolute atomic E-state index is 0.0138.